The summed E-state index contributed by atoms with van der Waals surface area (Å²) in [7, 11) is 0. The topological polar surface area (TPSA) is 127 Å². The van der Waals surface area contributed by atoms with Gasteiger partial charge < -0.3 is 19.7 Å². The van der Waals surface area contributed by atoms with E-state index in [0.29, 0.717) is 6.61 Å². The zero-order valence-electron chi connectivity index (χ0n) is 17.2. The molecule has 2 N–H and O–H groups in total. The van der Waals surface area contributed by atoms with Gasteiger partial charge in [-0.25, -0.2) is 14.4 Å². The van der Waals surface area contributed by atoms with E-state index in [4.69, 9.17) is 21.8 Å². The van der Waals surface area contributed by atoms with E-state index in [1.54, 1.807) is 0 Å². The maximum Gasteiger partial charge on any atom is 0.330 e. The molecule has 166 valence electrons. The molecule has 0 aromatic carbocycles. The standard InChI is InChI=1S/C7H12O2.2C4H6O2.C3H4O2.C2H3Cl/c1-3-5-6-9-7(8)4-2;1-3-6-4(2)5;1-3(2)4(5)6;1-2-3(4)5;1-2-3/h4H,2-3,5-6H2,1H3;3H,1H2,2H3;1H2,2H3,(H,5,6);2H,1H2,(H,4,5);2H,1H2. The minimum atomic E-state index is -0.981. The summed E-state index contributed by atoms with van der Waals surface area (Å²) in [6.45, 7) is 21.0. The van der Waals surface area contributed by atoms with Crippen LogP contribution < -0.4 is 0 Å². The third-order valence-electron chi connectivity index (χ3n) is 1.70. The van der Waals surface area contributed by atoms with E-state index in [0.717, 1.165) is 25.2 Å². The van der Waals surface area contributed by atoms with Crippen molar-refractivity contribution in [1.29, 1.82) is 0 Å². The fourth-order valence-electron chi connectivity index (χ4n) is 0.493. The van der Waals surface area contributed by atoms with E-state index in [1.165, 1.54) is 25.5 Å². The van der Waals surface area contributed by atoms with Crippen molar-refractivity contribution in [3.8, 4) is 0 Å². The molecule has 8 nitrogen and oxygen atoms in total. The monoisotopic (exact) mass is 434 g/mol. The van der Waals surface area contributed by atoms with E-state index in [9.17, 15) is 19.2 Å². The lowest BCUT2D eigenvalue weighted by atomic mass is 10.4. The van der Waals surface area contributed by atoms with Crippen LogP contribution in [0.2, 0.25) is 0 Å². The number of carboxylic acid groups (broad SMARTS) is 2. The molecule has 9 heteroatoms. The van der Waals surface area contributed by atoms with Crippen LogP contribution in [-0.2, 0) is 28.7 Å². The maximum absolute atomic E-state index is 10.3. The molecule has 0 heterocycles. The van der Waals surface area contributed by atoms with Gasteiger partial charge in [0.25, 0.3) is 0 Å². The lowest BCUT2D eigenvalue weighted by molar-refractivity contribution is -0.138. The van der Waals surface area contributed by atoms with Gasteiger partial charge in [-0.1, -0.05) is 57.8 Å². The van der Waals surface area contributed by atoms with Crippen LogP contribution >= 0.6 is 11.6 Å². The van der Waals surface area contributed by atoms with Crippen LogP contribution in [0.25, 0.3) is 0 Å². The minimum Gasteiger partial charge on any atom is -0.478 e. The van der Waals surface area contributed by atoms with E-state index in [-0.39, 0.29) is 17.5 Å². The van der Waals surface area contributed by atoms with Gasteiger partial charge in [-0.2, -0.15) is 0 Å². The fourth-order valence-corrected chi connectivity index (χ4v) is 0.493. The molecule has 0 aliphatic rings. The lowest BCUT2D eigenvalue weighted by Gasteiger charge is -1.97. The van der Waals surface area contributed by atoms with Crippen molar-refractivity contribution in [1.82, 2.24) is 0 Å². The molecule has 0 aromatic rings. The summed E-state index contributed by atoms with van der Waals surface area (Å²) in [5.74, 6) is -2.58. The molecule has 0 unspecified atom stereocenters. The Kier molecular flexibility index (Phi) is 41.2. The third kappa shape index (κ3) is 78.5. The van der Waals surface area contributed by atoms with Gasteiger partial charge in [-0.05, 0) is 18.9 Å². The molecule has 0 fully saturated rings. The number of esters is 2. The summed E-state index contributed by atoms with van der Waals surface area (Å²) in [6.07, 6.45) is 5.09. The Morgan fingerprint density at radius 2 is 1.38 bits per heavy atom. The largest absolute Gasteiger partial charge is 0.478 e. The highest BCUT2D eigenvalue weighted by molar-refractivity contribution is 6.25. The molecular formula is C20H31ClO8. The molecule has 0 bridgehead atoms. The van der Waals surface area contributed by atoms with Crippen LogP contribution in [0.1, 0.15) is 33.6 Å². The van der Waals surface area contributed by atoms with Gasteiger partial charge >= 0.3 is 23.9 Å². The zero-order valence-corrected chi connectivity index (χ0v) is 17.9. The Bertz CT molecular complexity index is 513. The van der Waals surface area contributed by atoms with Crippen molar-refractivity contribution >= 4 is 35.5 Å². The van der Waals surface area contributed by atoms with Crippen LogP contribution in [0.3, 0.4) is 0 Å². The Balaban J connectivity index is -0.0000000863. The van der Waals surface area contributed by atoms with Crippen molar-refractivity contribution in [2.45, 2.75) is 33.6 Å². The van der Waals surface area contributed by atoms with Gasteiger partial charge in [0, 0.05) is 24.6 Å². The molecule has 0 saturated carbocycles. The summed E-state index contributed by atoms with van der Waals surface area (Å²) in [6, 6.07) is 0. The van der Waals surface area contributed by atoms with E-state index >= 15 is 0 Å². The predicted octanol–water partition coefficient (Wildman–Crippen LogP) is 4.48. The van der Waals surface area contributed by atoms with Crippen molar-refractivity contribution < 1.29 is 38.9 Å². The summed E-state index contributed by atoms with van der Waals surface area (Å²) in [4.78, 5) is 38.9. The summed E-state index contributed by atoms with van der Waals surface area (Å²) >= 11 is 4.76. The number of carbonyl (C=O) groups excluding carboxylic acids is 2. The second-order valence-electron chi connectivity index (χ2n) is 4.28. The number of carboxylic acids is 2. The van der Waals surface area contributed by atoms with Gasteiger partial charge in [0.15, 0.2) is 0 Å². The minimum absolute atomic E-state index is 0.176. The predicted molar refractivity (Wildman–Crippen MR) is 114 cm³/mol. The number of hydrogen-bond acceptors (Lipinski definition) is 6. The summed E-state index contributed by atoms with van der Waals surface area (Å²) in [5, 5.41) is 15.5. The van der Waals surface area contributed by atoms with Crippen LogP contribution in [0.15, 0.2) is 62.4 Å². The Morgan fingerprint density at radius 1 is 1.00 bits per heavy atom. The SMILES string of the molecule is C=C(C)C(=O)O.C=CC(=O)O.C=CC(=O)OCCCC.C=CCl.C=COC(C)=O. The van der Waals surface area contributed by atoms with Gasteiger partial charge in [-0.15, -0.1) is 0 Å². The maximum atomic E-state index is 10.3. The van der Waals surface area contributed by atoms with E-state index in [1.807, 2.05) is 6.92 Å². The zero-order chi connectivity index (χ0) is 24.3. The van der Waals surface area contributed by atoms with Gasteiger partial charge in [0.05, 0.1) is 12.9 Å². The lowest BCUT2D eigenvalue weighted by Crippen LogP contribution is -2.00. The average molecular weight is 435 g/mol. The smallest absolute Gasteiger partial charge is 0.330 e. The Labute approximate surface area is 177 Å². The molecule has 0 saturated heterocycles. The Hall–Kier alpha value is -3.13. The molecule has 0 amide bonds. The normalized spacial score (nSPS) is 7.17. The molecular weight excluding hydrogens is 404 g/mol. The van der Waals surface area contributed by atoms with Crippen LogP contribution in [0, 0.1) is 0 Å². The average Bonchev–Trinajstić information content (AvgIpc) is 2.63. The Morgan fingerprint density at radius 3 is 1.52 bits per heavy atom. The molecule has 0 spiro atoms. The van der Waals surface area contributed by atoms with E-state index in [2.05, 4.69) is 42.4 Å². The van der Waals surface area contributed by atoms with Crippen molar-refractivity contribution in [2.24, 2.45) is 0 Å². The molecule has 0 aromatic heterocycles. The molecule has 0 radical (unpaired) electrons. The summed E-state index contributed by atoms with van der Waals surface area (Å²) < 4.78 is 8.84. The first kappa shape index (κ1) is 36.7. The second kappa shape index (κ2) is 32.5. The number of unbranched alkanes of at least 4 members (excludes halogenated alkanes) is 1. The van der Waals surface area contributed by atoms with E-state index < -0.39 is 11.9 Å². The highest BCUT2D eigenvalue weighted by atomic mass is 35.5. The fraction of sp³-hybridized carbons (Fsp3) is 0.300. The van der Waals surface area contributed by atoms with Crippen LogP contribution in [0.5, 0.6) is 0 Å². The number of carbonyl (C=O) groups is 4. The summed E-state index contributed by atoms with van der Waals surface area (Å²) in [5.41, 5.74) is 1.40. The first-order chi connectivity index (χ1) is 13.4. The number of hydrogen-bond donors (Lipinski definition) is 2. The number of ether oxygens (including phenoxy) is 2. The number of rotatable bonds is 7. The quantitative estimate of drug-likeness (QED) is 0.260. The first-order valence-corrected chi connectivity index (χ1v) is 8.37. The van der Waals surface area contributed by atoms with Crippen molar-refractivity contribution in [3.63, 3.8) is 0 Å². The first-order valence-electron chi connectivity index (χ1n) is 7.94. The van der Waals surface area contributed by atoms with Gasteiger partial charge in [0.1, 0.15) is 0 Å². The number of aliphatic carboxylic acids is 2. The van der Waals surface area contributed by atoms with Crippen molar-refractivity contribution in [3.05, 3.63) is 62.4 Å². The van der Waals surface area contributed by atoms with Crippen LogP contribution in [-0.4, -0.2) is 40.7 Å². The van der Waals surface area contributed by atoms with Gasteiger partial charge in [0.2, 0.25) is 0 Å². The highest BCUT2D eigenvalue weighted by Crippen LogP contribution is 1.88. The molecule has 0 aliphatic heterocycles. The number of halogens is 1. The molecule has 29 heavy (non-hydrogen) atoms. The highest BCUT2D eigenvalue weighted by Gasteiger charge is 1.91. The molecule has 0 aliphatic carbocycles. The molecule has 0 atom stereocenters. The second-order valence-corrected chi connectivity index (χ2v) is 4.59. The van der Waals surface area contributed by atoms with Crippen LogP contribution in [0.4, 0.5) is 0 Å². The van der Waals surface area contributed by atoms with Crippen molar-refractivity contribution in [2.75, 3.05) is 6.61 Å². The van der Waals surface area contributed by atoms with Gasteiger partial charge in [-0.3, -0.25) is 4.79 Å². The molecule has 0 rings (SSSR count). The third-order valence-corrected chi connectivity index (χ3v) is 1.70.